The molecule has 0 bridgehead atoms. The van der Waals surface area contributed by atoms with Gasteiger partial charge in [-0.1, -0.05) is 0 Å². The normalized spacial score (nSPS) is 23.6. The Hall–Kier alpha value is -0.610. The summed E-state index contributed by atoms with van der Waals surface area (Å²) in [4.78, 5) is 10.8. The summed E-state index contributed by atoms with van der Waals surface area (Å²) in [7, 11) is 1.40. The Morgan fingerprint density at radius 1 is 1.54 bits per heavy atom. The van der Waals surface area contributed by atoms with Crippen molar-refractivity contribution in [3.05, 3.63) is 0 Å². The maximum Gasteiger partial charge on any atom is 0.319 e. The molecule has 0 amide bonds. The summed E-state index contributed by atoms with van der Waals surface area (Å²) in [6, 6.07) is 0.404. The predicted molar refractivity (Wildman–Crippen MR) is 48.5 cm³/mol. The van der Waals surface area contributed by atoms with Gasteiger partial charge in [-0.05, 0) is 19.3 Å². The van der Waals surface area contributed by atoms with Crippen LogP contribution in [0.25, 0.3) is 0 Å². The van der Waals surface area contributed by atoms with Crippen LogP contribution in [0, 0.1) is 0 Å². The van der Waals surface area contributed by atoms with Crippen molar-refractivity contribution in [1.29, 1.82) is 0 Å². The number of carbonyl (C=O) groups excluding carboxylic acids is 1. The lowest BCUT2D eigenvalue weighted by molar-refractivity contribution is -0.139. The lowest BCUT2D eigenvalue weighted by Crippen LogP contribution is -2.34. The molecule has 1 aliphatic heterocycles. The van der Waals surface area contributed by atoms with Crippen LogP contribution >= 0.6 is 0 Å². The zero-order valence-electron chi connectivity index (χ0n) is 8.04. The second-order valence-electron chi connectivity index (χ2n) is 3.20. The Morgan fingerprint density at radius 3 is 3.15 bits per heavy atom. The molecule has 0 saturated carbocycles. The number of hydrogen-bond acceptors (Lipinski definition) is 4. The van der Waals surface area contributed by atoms with E-state index in [0.717, 1.165) is 32.5 Å². The minimum absolute atomic E-state index is 0.204. The standard InChI is InChI=1S/C9H17NO3/c1-12-9(11)7-10-8-3-2-5-13-6-4-8/h8,10H,2-7H2,1H3. The molecule has 1 fully saturated rings. The first kappa shape index (κ1) is 10.5. The van der Waals surface area contributed by atoms with Crippen molar-refractivity contribution < 1.29 is 14.3 Å². The number of esters is 1. The summed E-state index contributed by atoms with van der Waals surface area (Å²) in [6.07, 6.45) is 3.13. The number of methoxy groups -OCH3 is 1. The van der Waals surface area contributed by atoms with Crippen LogP contribution in [-0.4, -0.2) is 38.9 Å². The van der Waals surface area contributed by atoms with Gasteiger partial charge in [0.1, 0.15) is 0 Å². The zero-order chi connectivity index (χ0) is 9.52. The summed E-state index contributed by atoms with van der Waals surface area (Å²) in [5.41, 5.74) is 0. The van der Waals surface area contributed by atoms with Crippen molar-refractivity contribution in [2.24, 2.45) is 0 Å². The second-order valence-corrected chi connectivity index (χ2v) is 3.20. The van der Waals surface area contributed by atoms with Crippen LogP contribution < -0.4 is 5.32 Å². The van der Waals surface area contributed by atoms with E-state index < -0.39 is 0 Å². The highest BCUT2D eigenvalue weighted by atomic mass is 16.5. The van der Waals surface area contributed by atoms with Gasteiger partial charge in [0.05, 0.1) is 13.7 Å². The van der Waals surface area contributed by atoms with Crippen LogP contribution in [0.4, 0.5) is 0 Å². The fraction of sp³-hybridized carbons (Fsp3) is 0.889. The van der Waals surface area contributed by atoms with Gasteiger partial charge in [0.15, 0.2) is 0 Å². The van der Waals surface area contributed by atoms with Gasteiger partial charge in [0, 0.05) is 19.3 Å². The van der Waals surface area contributed by atoms with Crippen molar-refractivity contribution in [3.8, 4) is 0 Å². The largest absolute Gasteiger partial charge is 0.468 e. The van der Waals surface area contributed by atoms with Crippen LogP contribution in [0.2, 0.25) is 0 Å². The van der Waals surface area contributed by atoms with Gasteiger partial charge in [-0.3, -0.25) is 4.79 Å². The molecule has 4 nitrogen and oxygen atoms in total. The number of nitrogens with one attached hydrogen (secondary N) is 1. The van der Waals surface area contributed by atoms with E-state index in [1.165, 1.54) is 7.11 Å². The first-order valence-electron chi connectivity index (χ1n) is 4.71. The first-order valence-corrected chi connectivity index (χ1v) is 4.71. The smallest absolute Gasteiger partial charge is 0.319 e. The number of hydrogen-bond donors (Lipinski definition) is 1. The highest BCUT2D eigenvalue weighted by molar-refractivity contribution is 5.71. The van der Waals surface area contributed by atoms with Gasteiger partial charge in [-0.25, -0.2) is 0 Å². The third-order valence-corrected chi connectivity index (χ3v) is 2.21. The molecule has 0 radical (unpaired) electrons. The van der Waals surface area contributed by atoms with Crippen LogP contribution in [-0.2, 0) is 14.3 Å². The summed E-state index contributed by atoms with van der Waals surface area (Å²) < 4.78 is 9.84. The van der Waals surface area contributed by atoms with Crippen molar-refractivity contribution in [3.63, 3.8) is 0 Å². The van der Waals surface area contributed by atoms with Crippen molar-refractivity contribution in [2.75, 3.05) is 26.9 Å². The Balaban J connectivity index is 2.15. The Morgan fingerprint density at radius 2 is 2.38 bits per heavy atom. The minimum Gasteiger partial charge on any atom is -0.468 e. The fourth-order valence-electron chi connectivity index (χ4n) is 1.41. The van der Waals surface area contributed by atoms with E-state index in [9.17, 15) is 4.79 Å². The molecule has 1 rings (SSSR count). The van der Waals surface area contributed by atoms with Crippen LogP contribution in [0.15, 0.2) is 0 Å². The molecule has 0 spiro atoms. The summed E-state index contributed by atoms with van der Waals surface area (Å²) in [5, 5.41) is 3.16. The Labute approximate surface area is 78.6 Å². The molecule has 1 aliphatic rings. The molecule has 1 heterocycles. The highest BCUT2D eigenvalue weighted by Gasteiger charge is 2.12. The minimum atomic E-state index is -0.204. The Bertz CT molecular complexity index is 153. The molecular formula is C9H17NO3. The average molecular weight is 187 g/mol. The molecule has 0 aromatic carbocycles. The summed E-state index contributed by atoms with van der Waals surface area (Å²) >= 11 is 0. The third kappa shape index (κ3) is 4.24. The molecular weight excluding hydrogens is 170 g/mol. The fourth-order valence-corrected chi connectivity index (χ4v) is 1.41. The number of rotatable bonds is 3. The first-order chi connectivity index (χ1) is 6.33. The molecule has 1 N–H and O–H groups in total. The van der Waals surface area contributed by atoms with Crippen molar-refractivity contribution in [2.45, 2.75) is 25.3 Å². The van der Waals surface area contributed by atoms with Gasteiger partial charge in [0.25, 0.3) is 0 Å². The summed E-state index contributed by atoms with van der Waals surface area (Å²) in [5.74, 6) is -0.204. The van der Waals surface area contributed by atoms with E-state index in [1.54, 1.807) is 0 Å². The molecule has 1 saturated heterocycles. The van der Waals surface area contributed by atoms with Crippen molar-refractivity contribution in [1.82, 2.24) is 5.32 Å². The average Bonchev–Trinajstić information content (AvgIpc) is 2.42. The predicted octanol–water partition coefficient (Wildman–Crippen LogP) is 0.318. The number of ether oxygens (including phenoxy) is 2. The number of carbonyl (C=O) groups is 1. The molecule has 13 heavy (non-hydrogen) atoms. The summed E-state index contributed by atoms with van der Waals surface area (Å²) in [6.45, 7) is 1.94. The zero-order valence-corrected chi connectivity index (χ0v) is 8.04. The van der Waals surface area contributed by atoms with E-state index >= 15 is 0 Å². The molecule has 1 unspecified atom stereocenters. The van der Waals surface area contributed by atoms with Gasteiger partial charge in [-0.15, -0.1) is 0 Å². The topological polar surface area (TPSA) is 47.6 Å². The second kappa shape index (κ2) is 5.94. The van der Waals surface area contributed by atoms with Crippen LogP contribution in [0.5, 0.6) is 0 Å². The SMILES string of the molecule is COC(=O)CNC1CCCOCC1. The quantitative estimate of drug-likeness (QED) is 0.646. The van der Waals surface area contributed by atoms with Crippen LogP contribution in [0.3, 0.4) is 0 Å². The highest BCUT2D eigenvalue weighted by Crippen LogP contribution is 2.07. The molecule has 0 aliphatic carbocycles. The van der Waals surface area contributed by atoms with Gasteiger partial charge in [0.2, 0.25) is 0 Å². The molecule has 76 valence electrons. The molecule has 4 heteroatoms. The van der Waals surface area contributed by atoms with E-state index in [2.05, 4.69) is 10.1 Å². The lowest BCUT2D eigenvalue weighted by Gasteiger charge is -2.13. The third-order valence-electron chi connectivity index (χ3n) is 2.21. The molecule has 0 aromatic rings. The van der Waals surface area contributed by atoms with E-state index in [0.29, 0.717) is 12.6 Å². The van der Waals surface area contributed by atoms with Crippen molar-refractivity contribution >= 4 is 5.97 Å². The van der Waals surface area contributed by atoms with Gasteiger partial charge >= 0.3 is 5.97 Å². The van der Waals surface area contributed by atoms with E-state index in [-0.39, 0.29) is 5.97 Å². The van der Waals surface area contributed by atoms with Crippen LogP contribution in [0.1, 0.15) is 19.3 Å². The maximum atomic E-state index is 10.8. The lowest BCUT2D eigenvalue weighted by atomic mass is 10.1. The monoisotopic (exact) mass is 187 g/mol. The van der Waals surface area contributed by atoms with Gasteiger partial charge < -0.3 is 14.8 Å². The van der Waals surface area contributed by atoms with Gasteiger partial charge in [-0.2, -0.15) is 0 Å². The molecule has 1 atom stereocenters. The molecule has 0 aromatic heterocycles. The van der Waals surface area contributed by atoms with E-state index in [4.69, 9.17) is 4.74 Å². The Kier molecular flexibility index (Phi) is 4.78. The van der Waals surface area contributed by atoms with E-state index in [1.807, 2.05) is 0 Å². The maximum absolute atomic E-state index is 10.8.